The molecule has 1 aliphatic heterocycles. The minimum absolute atomic E-state index is 0.133. The SMILES string of the molecule is CC(C)n1c2c(ccc1=O)CN(C)CC2. The van der Waals surface area contributed by atoms with Gasteiger partial charge in [0.25, 0.3) is 5.56 Å². The molecule has 1 aromatic rings. The molecular weight excluding hydrogens is 188 g/mol. The third-order valence-corrected chi connectivity index (χ3v) is 3.01. The molecule has 2 rings (SSSR count). The van der Waals surface area contributed by atoms with Crippen molar-refractivity contribution in [3.05, 3.63) is 33.7 Å². The van der Waals surface area contributed by atoms with E-state index in [-0.39, 0.29) is 11.6 Å². The summed E-state index contributed by atoms with van der Waals surface area (Å²) in [5.41, 5.74) is 2.67. The van der Waals surface area contributed by atoms with Gasteiger partial charge in [0.2, 0.25) is 0 Å². The van der Waals surface area contributed by atoms with Crippen LogP contribution in [0.4, 0.5) is 0 Å². The predicted molar refractivity (Wildman–Crippen MR) is 61.1 cm³/mol. The first-order chi connectivity index (χ1) is 7.09. The molecule has 0 N–H and O–H groups in total. The Labute approximate surface area is 90.3 Å². The van der Waals surface area contributed by atoms with Gasteiger partial charge in [-0.2, -0.15) is 0 Å². The van der Waals surface area contributed by atoms with Gasteiger partial charge in [-0.05, 0) is 26.5 Å². The zero-order valence-electron chi connectivity index (χ0n) is 9.66. The quantitative estimate of drug-likeness (QED) is 0.694. The van der Waals surface area contributed by atoms with Crippen molar-refractivity contribution < 1.29 is 0 Å². The molecule has 0 atom stereocenters. The molecule has 1 aliphatic rings. The standard InChI is InChI=1S/C12H18N2O/c1-9(2)14-11-6-7-13(3)8-10(11)4-5-12(14)15/h4-5,9H,6-8H2,1-3H3. The monoisotopic (exact) mass is 206 g/mol. The first-order valence-electron chi connectivity index (χ1n) is 5.51. The normalized spacial score (nSPS) is 16.8. The number of likely N-dealkylation sites (N-methyl/N-ethyl adjacent to an activating group) is 1. The molecule has 0 saturated heterocycles. The van der Waals surface area contributed by atoms with Gasteiger partial charge >= 0.3 is 0 Å². The summed E-state index contributed by atoms with van der Waals surface area (Å²) in [6.07, 6.45) is 0.986. The van der Waals surface area contributed by atoms with Gasteiger partial charge in [-0.1, -0.05) is 6.07 Å². The highest BCUT2D eigenvalue weighted by Crippen LogP contribution is 2.18. The average Bonchev–Trinajstić information content (AvgIpc) is 2.17. The van der Waals surface area contributed by atoms with Crippen molar-refractivity contribution in [2.45, 2.75) is 32.9 Å². The molecule has 1 aromatic heterocycles. The fourth-order valence-electron chi connectivity index (χ4n) is 2.29. The van der Waals surface area contributed by atoms with Crippen LogP contribution in [0.25, 0.3) is 0 Å². The van der Waals surface area contributed by atoms with Crippen LogP contribution in [0, 0.1) is 0 Å². The first-order valence-corrected chi connectivity index (χ1v) is 5.51. The van der Waals surface area contributed by atoms with Gasteiger partial charge < -0.3 is 9.47 Å². The molecule has 15 heavy (non-hydrogen) atoms. The van der Waals surface area contributed by atoms with Gasteiger partial charge in [-0.3, -0.25) is 4.79 Å². The Bertz CT molecular complexity index is 420. The van der Waals surface area contributed by atoms with Crippen LogP contribution in [0.5, 0.6) is 0 Å². The summed E-state index contributed by atoms with van der Waals surface area (Å²) in [5, 5.41) is 0. The molecule has 0 saturated carbocycles. The number of fused-ring (bicyclic) bond motifs is 1. The Morgan fingerprint density at radius 3 is 2.73 bits per heavy atom. The third kappa shape index (κ3) is 1.84. The summed E-state index contributed by atoms with van der Waals surface area (Å²) in [5.74, 6) is 0. The lowest BCUT2D eigenvalue weighted by Crippen LogP contribution is -2.34. The molecule has 2 heterocycles. The maximum Gasteiger partial charge on any atom is 0.250 e. The van der Waals surface area contributed by atoms with Crippen LogP contribution < -0.4 is 5.56 Å². The van der Waals surface area contributed by atoms with E-state index in [4.69, 9.17) is 0 Å². The molecule has 82 valence electrons. The highest BCUT2D eigenvalue weighted by Gasteiger charge is 2.18. The lowest BCUT2D eigenvalue weighted by molar-refractivity contribution is 0.302. The summed E-state index contributed by atoms with van der Waals surface area (Å²) in [6.45, 7) is 6.14. The van der Waals surface area contributed by atoms with Crippen molar-refractivity contribution >= 4 is 0 Å². The summed E-state index contributed by atoms with van der Waals surface area (Å²) in [7, 11) is 2.12. The van der Waals surface area contributed by atoms with Crippen LogP contribution in [-0.2, 0) is 13.0 Å². The van der Waals surface area contributed by atoms with Crippen LogP contribution in [0.3, 0.4) is 0 Å². The minimum Gasteiger partial charge on any atom is -0.310 e. The second-order valence-corrected chi connectivity index (χ2v) is 4.60. The number of hydrogen-bond acceptors (Lipinski definition) is 2. The van der Waals surface area contributed by atoms with Gasteiger partial charge in [0, 0.05) is 37.3 Å². The summed E-state index contributed by atoms with van der Waals surface area (Å²) in [6, 6.07) is 3.93. The molecule has 3 nitrogen and oxygen atoms in total. The Balaban J connectivity index is 2.55. The number of hydrogen-bond donors (Lipinski definition) is 0. The van der Waals surface area contributed by atoms with E-state index in [1.54, 1.807) is 6.07 Å². The average molecular weight is 206 g/mol. The van der Waals surface area contributed by atoms with Crippen molar-refractivity contribution in [2.75, 3.05) is 13.6 Å². The van der Waals surface area contributed by atoms with E-state index in [9.17, 15) is 4.79 Å². The van der Waals surface area contributed by atoms with Crippen molar-refractivity contribution in [1.29, 1.82) is 0 Å². The van der Waals surface area contributed by atoms with Crippen LogP contribution in [0.2, 0.25) is 0 Å². The van der Waals surface area contributed by atoms with Gasteiger partial charge in [0.15, 0.2) is 0 Å². The lowest BCUT2D eigenvalue weighted by atomic mass is 10.0. The minimum atomic E-state index is 0.133. The Kier molecular flexibility index (Phi) is 2.65. The van der Waals surface area contributed by atoms with Gasteiger partial charge in [0.05, 0.1) is 0 Å². The number of pyridine rings is 1. The van der Waals surface area contributed by atoms with Gasteiger partial charge in [-0.15, -0.1) is 0 Å². The molecule has 0 bridgehead atoms. The molecule has 0 radical (unpaired) electrons. The van der Waals surface area contributed by atoms with Crippen molar-refractivity contribution in [3.8, 4) is 0 Å². The molecule has 0 aromatic carbocycles. The molecule has 0 amide bonds. The van der Waals surface area contributed by atoms with Crippen molar-refractivity contribution in [1.82, 2.24) is 9.47 Å². The molecule has 0 aliphatic carbocycles. The van der Waals surface area contributed by atoms with E-state index < -0.39 is 0 Å². The second-order valence-electron chi connectivity index (χ2n) is 4.60. The largest absolute Gasteiger partial charge is 0.310 e. The summed E-state index contributed by atoms with van der Waals surface area (Å²) in [4.78, 5) is 14.1. The summed E-state index contributed by atoms with van der Waals surface area (Å²) >= 11 is 0. The van der Waals surface area contributed by atoms with Crippen molar-refractivity contribution in [2.24, 2.45) is 0 Å². The van der Waals surface area contributed by atoms with Crippen molar-refractivity contribution in [3.63, 3.8) is 0 Å². The predicted octanol–water partition coefficient (Wildman–Crippen LogP) is 1.42. The van der Waals surface area contributed by atoms with E-state index in [1.165, 1.54) is 11.3 Å². The Hall–Kier alpha value is -1.09. The summed E-state index contributed by atoms with van der Waals surface area (Å²) < 4.78 is 1.93. The fourth-order valence-corrected chi connectivity index (χ4v) is 2.29. The molecule has 3 heteroatoms. The first kappa shape index (κ1) is 10.4. The van der Waals surface area contributed by atoms with Gasteiger partial charge in [0.1, 0.15) is 0 Å². The van der Waals surface area contributed by atoms with Crippen LogP contribution in [-0.4, -0.2) is 23.1 Å². The zero-order valence-corrected chi connectivity index (χ0v) is 9.66. The van der Waals surface area contributed by atoms with E-state index in [2.05, 4.69) is 25.8 Å². The van der Waals surface area contributed by atoms with E-state index in [1.807, 2.05) is 10.6 Å². The van der Waals surface area contributed by atoms with E-state index in [0.717, 1.165) is 19.5 Å². The molecular formula is C12H18N2O. The number of aromatic nitrogens is 1. The maximum atomic E-state index is 11.8. The van der Waals surface area contributed by atoms with Crippen LogP contribution in [0.1, 0.15) is 31.1 Å². The highest BCUT2D eigenvalue weighted by atomic mass is 16.1. The highest BCUT2D eigenvalue weighted by molar-refractivity contribution is 5.24. The fraction of sp³-hybridized carbons (Fsp3) is 0.583. The Morgan fingerprint density at radius 2 is 2.07 bits per heavy atom. The number of nitrogens with zero attached hydrogens (tertiary/aromatic N) is 2. The van der Waals surface area contributed by atoms with Crippen LogP contribution >= 0.6 is 0 Å². The van der Waals surface area contributed by atoms with Gasteiger partial charge in [-0.25, -0.2) is 0 Å². The van der Waals surface area contributed by atoms with E-state index in [0.29, 0.717) is 0 Å². The molecule has 0 fully saturated rings. The lowest BCUT2D eigenvalue weighted by Gasteiger charge is -2.28. The zero-order chi connectivity index (χ0) is 11.0. The third-order valence-electron chi connectivity index (χ3n) is 3.01. The second kappa shape index (κ2) is 3.81. The topological polar surface area (TPSA) is 25.2 Å². The maximum absolute atomic E-state index is 11.8. The van der Waals surface area contributed by atoms with E-state index >= 15 is 0 Å². The van der Waals surface area contributed by atoms with Crippen LogP contribution in [0.15, 0.2) is 16.9 Å². The molecule has 0 unspecified atom stereocenters. The molecule has 0 spiro atoms. The number of rotatable bonds is 1. The smallest absolute Gasteiger partial charge is 0.250 e. The Morgan fingerprint density at radius 1 is 1.33 bits per heavy atom.